The van der Waals surface area contributed by atoms with Crippen LogP contribution in [0, 0.1) is 52.3 Å². The molecule has 0 bridgehead atoms. The average molecular weight is 514 g/mol. The molecule has 5 unspecified atom stereocenters. The molecular weight excluding hydrogens is 466 g/mol. The maximum atomic E-state index is 12.1. The first kappa shape index (κ1) is 27.3. The summed E-state index contributed by atoms with van der Waals surface area (Å²) in [7, 11) is -4.21. The van der Waals surface area contributed by atoms with E-state index in [1.807, 2.05) is 0 Å². The van der Waals surface area contributed by atoms with Crippen molar-refractivity contribution in [3.8, 4) is 0 Å². The van der Waals surface area contributed by atoms with E-state index in [4.69, 9.17) is 4.55 Å². The Kier molecular flexibility index (Phi) is 7.72. The maximum absolute atomic E-state index is 12.1. The Bertz CT molecular complexity index is 894. The molecule has 4 N–H and O–H groups in total. The number of amides is 1. The Hall–Kier alpha value is -0.700. The first-order valence-electron chi connectivity index (χ1n) is 13.9. The van der Waals surface area contributed by atoms with E-state index in [1.54, 1.807) is 0 Å². The minimum atomic E-state index is -4.21. The third kappa shape index (κ3) is 4.94. The molecule has 4 aliphatic carbocycles. The van der Waals surface area contributed by atoms with Crippen molar-refractivity contribution in [3.63, 3.8) is 0 Å². The summed E-state index contributed by atoms with van der Waals surface area (Å²) in [6, 6.07) is 0. The number of hydrogen-bond acceptors (Lipinski definition) is 5. The van der Waals surface area contributed by atoms with Crippen molar-refractivity contribution in [1.82, 2.24) is 5.32 Å². The predicted octanol–water partition coefficient (Wildman–Crippen LogP) is 3.99. The van der Waals surface area contributed by atoms with Crippen molar-refractivity contribution >= 4 is 16.0 Å². The minimum Gasteiger partial charge on any atom is -0.393 e. The molecule has 4 fully saturated rings. The fraction of sp³-hybridized carbons (Fsp3) is 0.963. The monoisotopic (exact) mass is 513 g/mol. The molecule has 1 amide bonds. The lowest BCUT2D eigenvalue weighted by Crippen LogP contribution is -2.62. The molecule has 7 nitrogen and oxygen atoms in total. The van der Waals surface area contributed by atoms with Gasteiger partial charge in [0.2, 0.25) is 5.91 Å². The van der Waals surface area contributed by atoms with E-state index in [2.05, 4.69) is 33.0 Å². The normalized spacial score (nSPS) is 46.3. The molecule has 0 aromatic heterocycles. The molecular formula is C27H47NO6S. The summed E-state index contributed by atoms with van der Waals surface area (Å²) in [4.78, 5) is 12.1. The molecule has 0 spiro atoms. The van der Waals surface area contributed by atoms with Crippen molar-refractivity contribution in [2.75, 3.05) is 5.88 Å². The number of aliphatic hydroxyl groups excluding tert-OH is 2. The van der Waals surface area contributed by atoms with Gasteiger partial charge in [-0.2, -0.15) is 8.42 Å². The van der Waals surface area contributed by atoms with Crippen LogP contribution < -0.4 is 5.32 Å². The minimum absolute atomic E-state index is 0.141. The molecule has 0 saturated heterocycles. The van der Waals surface area contributed by atoms with Gasteiger partial charge in [-0.15, -0.1) is 0 Å². The molecule has 0 aromatic rings. The summed E-state index contributed by atoms with van der Waals surface area (Å²) in [5.41, 5.74) is 0.335. The summed E-state index contributed by atoms with van der Waals surface area (Å²) < 4.78 is 30.7. The maximum Gasteiger partial charge on any atom is 0.283 e. The molecule has 0 aromatic carbocycles. The zero-order valence-corrected chi connectivity index (χ0v) is 22.8. The van der Waals surface area contributed by atoms with Gasteiger partial charge in [0.15, 0.2) is 0 Å². The van der Waals surface area contributed by atoms with Crippen LogP contribution in [0.4, 0.5) is 0 Å². The highest BCUT2D eigenvalue weighted by molar-refractivity contribution is 7.85. The highest BCUT2D eigenvalue weighted by atomic mass is 32.2. The van der Waals surface area contributed by atoms with Gasteiger partial charge in [0, 0.05) is 6.42 Å². The predicted molar refractivity (Wildman–Crippen MR) is 135 cm³/mol. The van der Waals surface area contributed by atoms with Crippen LogP contribution in [0.1, 0.15) is 91.9 Å². The van der Waals surface area contributed by atoms with Gasteiger partial charge in [-0.3, -0.25) is 9.35 Å². The SMILES string of the molecule is CC[C@H]1[C@@H](O)C2C3CCC(C(C)CCC(=O)NCS(=O)(=O)O)[C@@]3(C)CCC2[C@@]2(C)CC[C@@H](O)C[C@@H]12. The van der Waals surface area contributed by atoms with Gasteiger partial charge in [-0.1, -0.05) is 34.1 Å². The molecule has 0 aliphatic heterocycles. The zero-order chi connectivity index (χ0) is 25.8. The van der Waals surface area contributed by atoms with E-state index < -0.39 is 16.0 Å². The first-order valence-corrected chi connectivity index (χ1v) is 15.5. The van der Waals surface area contributed by atoms with Crippen molar-refractivity contribution in [1.29, 1.82) is 0 Å². The van der Waals surface area contributed by atoms with Crippen LogP contribution in [0.5, 0.6) is 0 Å². The topological polar surface area (TPSA) is 124 Å². The lowest BCUT2D eigenvalue weighted by atomic mass is 9.41. The van der Waals surface area contributed by atoms with Crippen LogP contribution in [0.15, 0.2) is 0 Å². The summed E-state index contributed by atoms with van der Waals surface area (Å²) in [6.45, 7) is 9.29. The molecule has 0 heterocycles. The number of fused-ring (bicyclic) bond motifs is 5. The van der Waals surface area contributed by atoms with Crippen LogP contribution in [0.2, 0.25) is 0 Å². The lowest BCUT2D eigenvalue weighted by Gasteiger charge is -2.64. The first-order chi connectivity index (χ1) is 16.3. The lowest BCUT2D eigenvalue weighted by molar-refractivity contribution is -0.203. The van der Waals surface area contributed by atoms with Gasteiger partial charge in [0.05, 0.1) is 12.2 Å². The summed E-state index contributed by atoms with van der Waals surface area (Å²) in [5, 5.41) is 24.5. The Balaban J connectivity index is 1.48. The number of nitrogens with one attached hydrogen (secondary N) is 1. The van der Waals surface area contributed by atoms with Gasteiger partial charge in [0.1, 0.15) is 5.88 Å². The van der Waals surface area contributed by atoms with E-state index in [-0.39, 0.29) is 41.3 Å². The highest BCUT2D eigenvalue weighted by Crippen LogP contribution is 2.69. The molecule has 4 rings (SSSR count). The summed E-state index contributed by atoms with van der Waals surface area (Å²) in [6.07, 6.45) is 8.65. The largest absolute Gasteiger partial charge is 0.393 e. The Morgan fingerprint density at radius 3 is 2.34 bits per heavy atom. The van der Waals surface area contributed by atoms with Gasteiger partial charge in [0.25, 0.3) is 10.1 Å². The van der Waals surface area contributed by atoms with Gasteiger partial charge in [-0.05, 0) is 104 Å². The molecule has 4 saturated carbocycles. The smallest absolute Gasteiger partial charge is 0.283 e. The highest BCUT2D eigenvalue weighted by Gasteiger charge is 2.64. The van der Waals surface area contributed by atoms with Gasteiger partial charge >= 0.3 is 0 Å². The van der Waals surface area contributed by atoms with Crippen molar-refractivity contribution in [2.45, 2.75) is 104 Å². The van der Waals surface area contributed by atoms with E-state index in [0.29, 0.717) is 41.9 Å². The van der Waals surface area contributed by atoms with Crippen LogP contribution in [-0.2, 0) is 14.9 Å². The van der Waals surface area contributed by atoms with E-state index in [9.17, 15) is 23.4 Å². The Morgan fingerprint density at radius 1 is 1.03 bits per heavy atom. The molecule has 35 heavy (non-hydrogen) atoms. The standard InChI is InChI=1S/C27H47NO6S/c1-5-18-22-14-17(29)10-12-27(22,4)21-11-13-26(3)19(7-8-20(26)24(21)25(18)31)16(2)6-9-23(30)28-15-35(32,33)34/h16-22,24-25,29,31H,5-15H2,1-4H3,(H,28,30)(H,32,33,34)/t16?,17-,18-,19?,20?,21?,22+,24?,25-,26-,27-/m1/s1. The molecule has 11 atom stereocenters. The Morgan fingerprint density at radius 2 is 1.69 bits per heavy atom. The number of rotatable bonds is 7. The zero-order valence-electron chi connectivity index (χ0n) is 21.9. The van der Waals surface area contributed by atoms with Gasteiger partial charge in [-0.25, -0.2) is 0 Å². The van der Waals surface area contributed by atoms with Crippen LogP contribution in [-0.4, -0.2) is 47.2 Å². The number of aliphatic hydroxyl groups is 2. The van der Waals surface area contributed by atoms with E-state index >= 15 is 0 Å². The van der Waals surface area contributed by atoms with Crippen molar-refractivity contribution in [2.24, 2.45) is 52.3 Å². The van der Waals surface area contributed by atoms with Crippen molar-refractivity contribution < 1.29 is 28.0 Å². The second kappa shape index (κ2) is 9.88. The molecule has 0 radical (unpaired) electrons. The fourth-order valence-corrected chi connectivity index (χ4v) is 10.1. The number of hydrogen-bond donors (Lipinski definition) is 4. The van der Waals surface area contributed by atoms with Crippen LogP contribution in [0.25, 0.3) is 0 Å². The summed E-state index contributed by atoms with van der Waals surface area (Å²) in [5.74, 6) is 1.68. The second-order valence-corrected chi connectivity index (χ2v) is 14.4. The van der Waals surface area contributed by atoms with Gasteiger partial charge < -0.3 is 15.5 Å². The molecule has 202 valence electrons. The third-order valence-corrected chi connectivity index (χ3v) is 11.9. The fourth-order valence-electron chi connectivity index (χ4n) is 9.75. The second-order valence-electron chi connectivity index (χ2n) is 13.0. The molecule has 8 heteroatoms. The Labute approximate surface area is 211 Å². The van der Waals surface area contributed by atoms with Crippen LogP contribution >= 0.6 is 0 Å². The van der Waals surface area contributed by atoms with E-state index in [1.165, 1.54) is 0 Å². The quantitative estimate of drug-likeness (QED) is 0.382. The van der Waals surface area contributed by atoms with E-state index in [0.717, 1.165) is 51.4 Å². The third-order valence-electron chi connectivity index (χ3n) is 11.4. The number of carbonyl (C=O) groups excluding carboxylic acids is 1. The van der Waals surface area contributed by atoms with Crippen molar-refractivity contribution in [3.05, 3.63) is 0 Å². The van der Waals surface area contributed by atoms with Crippen LogP contribution in [0.3, 0.4) is 0 Å². The molecule has 4 aliphatic rings. The number of carbonyl (C=O) groups is 1. The summed E-state index contributed by atoms with van der Waals surface area (Å²) >= 11 is 0. The average Bonchev–Trinajstić information content (AvgIpc) is 3.14.